The molecule has 204 valence electrons. The number of amides is 1. The predicted molar refractivity (Wildman–Crippen MR) is 129 cm³/mol. The van der Waals surface area contributed by atoms with Crippen LogP contribution in [0.15, 0.2) is 49.7 Å². The fourth-order valence-corrected chi connectivity index (χ4v) is 4.13. The van der Waals surface area contributed by atoms with Crippen molar-refractivity contribution in [1.82, 2.24) is 10.3 Å². The van der Waals surface area contributed by atoms with E-state index in [9.17, 15) is 31.2 Å². The number of aliphatic carboxylic acids is 1. The van der Waals surface area contributed by atoms with Gasteiger partial charge in [-0.3, -0.25) is 14.3 Å². The highest BCUT2D eigenvalue weighted by molar-refractivity contribution is 9.10. The van der Waals surface area contributed by atoms with E-state index in [2.05, 4.69) is 36.1 Å². The van der Waals surface area contributed by atoms with Gasteiger partial charge in [0.25, 0.3) is 15.6 Å². The van der Waals surface area contributed by atoms with E-state index in [1.165, 1.54) is 18.2 Å². The number of anilines is 1. The molecule has 2 aromatic rings. The van der Waals surface area contributed by atoms with Crippen LogP contribution in [-0.4, -0.2) is 55.7 Å². The Morgan fingerprint density at radius 3 is 2.41 bits per heavy atom. The van der Waals surface area contributed by atoms with Crippen LogP contribution in [0.5, 0.6) is 0 Å². The third-order valence-electron chi connectivity index (χ3n) is 3.87. The summed E-state index contributed by atoms with van der Waals surface area (Å²) < 4.78 is 60.0. The number of nitrogens with two attached hydrogens (primary N) is 2. The lowest BCUT2D eigenvalue weighted by Crippen LogP contribution is -2.30. The molecule has 0 aliphatic carbocycles. The number of carboxylic acid groups (broad SMARTS) is 1. The predicted octanol–water partition coefficient (Wildman–Crippen LogP) is 0.744. The number of nitrogens with zero attached hydrogens (tertiary/aromatic N) is 1. The quantitative estimate of drug-likeness (QED) is 0.101. The van der Waals surface area contributed by atoms with Gasteiger partial charge in [0, 0.05) is 10.2 Å². The Morgan fingerprint density at radius 1 is 1.24 bits per heavy atom. The molecule has 1 aromatic heterocycles. The van der Waals surface area contributed by atoms with Crippen LogP contribution in [0.1, 0.15) is 11.3 Å². The van der Waals surface area contributed by atoms with Crippen LogP contribution in [0.25, 0.3) is 0 Å². The average molecular weight is 615 g/mol. The number of aryl methyl sites for hydroxylation is 1. The van der Waals surface area contributed by atoms with Gasteiger partial charge in [0.05, 0.1) is 17.9 Å². The van der Waals surface area contributed by atoms with Crippen molar-refractivity contribution >= 4 is 49.5 Å². The zero-order valence-corrected chi connectivity index (χ0v) is 21.3. The second kappa shape index (κ2) is 13.5. The Balaban J connectivity index is 0.000000856. The van der Waals surface area contributed by atoms with Crippen molar-refractivity contribution in [3.8, 4) is 0 Å². The van der Waals surface area contributed by atoms with Crippen molar-refractivity contribution in [2.75, 3.05) is 17.9 Å². The van der Waals surface area contributed by atoms with Gasteiger partial charge in [-0.15, -0.1) is 0 Å². The second-order valence-electron chi connectivity index (χ2n) is 6.92. The van der Waals surface area contributed by atoms with Gasteiger partial charge in [-0.1, -0.05) is 22.0 Å². The number of carbonyl (C=O) groups excluding carboxylic acids is 1. The molecular formula is C19H22BrF3N6O7S. The second-order valence-corrected chi connectivity index (χ2v) is 9.52. The average Bonchev–Trinajstić information content (AvgIpc) is 2.75. The number of oxime groups is 1. The number of aromatic amines is 1. The van der Waals surface area contributed by atoms with E-state index in [1.807, 2.05) is 0 Å². The summed E-state index contributed by atoms with van der Waals surface area (Å²) in [7, 11) is -4.05. The Morgan fingerprint density at radius 2 is 1.86 bits per heavy atom. The van der Waals surface area contributed by atoms with Crippen LogP contribution in [0.2, 0.25) is 0 Å². The van der Waals surface area contributed by atoms with E-state index < -0.39 is 33.6 Å². The molecular weight excluding hydrogens is 593 g/mol. The lowest BCUT2D eigenvalue weighted by molar-refractivity contribution is -0.192. The lowest BCUT2D eigenvalue weighted by atomic mass is 10.1. The first-order valence-electron chi connectivity index (χ1n) is 9.82. The van der Waals surface area contributed by atoms with Gasteiger partial charge in [-0.05, 0) is 41.9 Å². The number of aromatic nitrogens is 1. The molecule has 1 amide bonds. The number of H-pyrrole nitrogens is 1. The molecule has 0 spiro atoms. The van der Waals surface area contributed by atoms with Crippen molar-refractivity contribution in [2.24, 2.45) is 16.6 Å². The monoisotopic (exact) mass is 614 g/mol. The first kappa shape index (κ1) is 31.2. The van der Waals surface area contributed by atoms with E-state index in [0.29, 0.717) is 10.2 Å². The van der Waals surface area contributed by atoms with E-state index >= 15 is 0 Å². The molecule has 0 aliphatic heterocycles. The number of nitrogens with one attached hydrogen (secondary N) is 3. The molecule has 18 heteroatoms. The van der Waals surface area contributed by atoms with Gasteiger partial charge in [-0.25, -0.2) is 13.2 Å². The smallest absolute Gasteiger partial charge is 0.475 e. The van der Waals surface area contributed by atoms with Crippen LogP contribution in [-0.2, 0) is 30.9 Å². The van der Waals surface area contributed by atoms with Gasteiger partial charge in [0.1, 0.15) is 12.3 Å². The van der Waals surface area contributed by atoms with Gasteiger partial charge in [-0.2, -0.15) is 13.2 Å². The Labute approximate surface area is 216 Å². The van der Waals surface area contributed by atoms with E-state index in [0.717, 1.165) is 0 Å². The first-order chi connectivity index (χ1) is 17.0. The maximum absolute atomic E-state index is 12.7. The van der Waals surface area contributed by atoms with Crippen molar-refractivity contribution in [3.05, 3.63) is 56.4 Å². The molecule has 0 atom stereocenters. The number of halogens is 4. The van der Waals surface area contributed by atoms with Crippen LogP contribution < -0.4 is 27.1 Å². The fourth-order valence-electron chi connectivity index (χ4n) is 2.43. The molecule has 2 rings (SSSR count). The maximum Gasteiger partial charge on any atom is 0.490 e. The maximum atomic E-state index is 12.7. The minimum atomic E-state index is -5.08. The number of sulfonamides is 1. The standard InChI is InChI=1S/C17H21BrN6O5S.C2HF3O2/c1-10-7-11(8-14(25)21-5-6-29-23-17(19)20)15(16(26)22-10)24-30(27,28)13-4-2-3-12(18)9-13;3-2(4,5)1(6)7/h2-4,7,9,24H,5-6,8H2,1H3,(H,21,25)(H,22,26)(H4,19,20,23);(H,6,7). The summed E-state index contributed by atoms with van der Waals surface area (Å²) in [5.74, 6) is -3.45. The molecule has 0 aliphatic rings. The third-order valence-corrected chi connectivity index (χ3v) is 5.71. The third kappa shape index (κ3) is 11.2. The molecule has 0 bridgehead atoms. The SMILES string of the molecule is Cc1cc(CC(=O)NCCON=C(N)N)c(NS(=O)(=O)c2cccc(Br)c2)c(=O)[nH]1.O=C(O)C(F)(F)F. The number of carbonyl (C=O) groups is 2. The number of rotatable bonds is 9. The summed E-state index contributed by atoms with van der Waals surface area (Å²) in [6, 6.07) is 7.53. The lowest BCUT2D eigenvalue weighted by Gasteiger charge is -2.13. The molecule has 0 fully saturated rings. The van der Waals surface area contributed by atoms with Crippen molar-refractivity contribution in [1.29, 1.82) is 0 Å². The molecule has 0 saturated carbocycles. The first-order valence-corrected chi connectivity index (χ1v) is 12.1. The molecule has 13 nitrogen and oxygen atoms in total. The zero-order chi connectivity index (χ0) is 28.4. The van der Waals surface area contributed by atoms with E-state index in [1.54, 1.807) is 19.1 Å². The summed E-state index contributed by atoms with van der Waals surface area (Å²) in [5, 5.41) is 13.0. The Bertz CT molecular complexity index is 1310. The number of benzene rings is 1. The number of carboxylic acids is 1. The molecule has 8 N–H and O–H groups in total. The number of guanidine groups is 1. The number of alkyl halides is 3. The summed E-state index contributed by atoms with van der Waals surface area (Å²) in [6.07, 6.45) is -5.32. The van der Waals surface area contributed by atoms with E-state index in [-0.39, 0.29) is 41.7 Å². The molecule has 0 saturated heterocycles. The summed E-state index contributed by atoms with van der Waals surface area (Å²) in [5.41, 5.74) is 10.0. The largest absolute Gasteiger partial charge is 0.490 e. The molecule has 0 radical (unpaired) electrons. The number of hydrogen-bond donors (Lipinski definition) is 6. The van der Waals surface area contributed by atoms with Crippen molar-refractivity contribution in [2.45, 2.75) is 24.4 Å². The Hall–Kier alpha value is -3.80. The molecule has 37 heavy (non-hydrogen) atoms. The van der Waals surface area contributed by atoms with Gasteiger partial charge in [0.2, 0.25) is 11.9 Å². The topological polar surface area (TPSA) is 219 Å². The highest BCUT2D eigenvalue weighted by atomic mass is 79.9. The molecule has 0 unspecified atom stereocenters. The van der Waals surface area contributed by atoms with Gasteiger partial charge in [0.15, 0.2) is 0 Å². The van der Waals surface area contributed by atoms with Crippen molar-refractivity contribution < 1.29 is 41.1 Å². The highest BCUT2D eigenvalue weighted by Gasteiger charge is 2.38. The van der Waals surface area contributed by atoms with Crippen molar-refractivity contribution in [3.63, 3.8) is 0 Å². The number of pyridine rings is 1. The summed E-state index contributed by atoms with van der Waals surface area (Å²) >= 11 is 3.21. The molecule has 1 heterocycles. The minimum Gasteiger partial charge on any atom is -0.475 e. The Kier molecular flexibility index (Phi) is 11.4. The van der Waals surface area contributed by atoms with Crippen LogP contribution in [0.4, 0.5) is 18.9 Å². The highest BCUT2D eigenvalue weighted by Crippen LogP contribution is 2.20. The van der Waals surface area contributed by atoms with Gasteiger partial charge >= 0.3 is 12.1 Å². The normalized spacial score (nSPS) is 10.9. The minimum absolute atomic E-state index is 0.0282. The van der Waals surface area contributed by atoms with Gasteiger partial charge < -0.3 is 31.7 Å². The van der Waals surface area contributed by atoms with Crippen LogP contribution in [0.3, 0.4) is 0 Å². The van der Waals surface area contributed by atoms with Crippen LogP contribution >= 0.6 is 15.9 Å². The zero-order valence-electron chi connectivity index (χ0n) is 18.9. The van der Waals surface area contributed by atoms with Crippen LogP contribution in [0, 0.1) is 6.92 Å². The number of hydrogen-bond acceptors (Lipinski definition) is 7. The molecule has 1 aromatic carbocycles. The summed E-state index contributed by atoms with van der Waals surface area (Å²) in [4.78, 5) is 40.8. The fraction of sp³-hybridized carbons (Fsp3) is 0.263. The summed E-state index contributed by atoms with van der Waals surface area (Å²) in [6.45, 7) is 1.76. The van der Waals surface area contributed by atoms with E-state index in [4.69, 9.17) is 26.2 Å².